The molecule has 0 fully saturated rings. The van der Waals surface area contributed by atoms with Gasteiger partial charge in [-0.15, -0.1) is 10.2 Å². The van der Waals surface area contributed by atoms with Crippen molar-refractivity contribution in [1.82, 2.24) is 25.1 Å². The van der Waals surface area contributed by atoms with Gasteiger partial charge < -0.3 is 19.8 Å². The van der Waals surface area contributed by atoms with Crippen molar-refractivity contribution >= 4 is 45.9 Å². The lowest BCUT2D eigenvalue weighted by atomic mass is 10.2. The number of H-pyrrole nitrogens is 1. The molecule has 0 unspecified atom stereocenters. The van der Waals surface area contributed by atoms with Crippen LogP contribution in [0.15, 0.2) is 56.3 Å². The van der Waals surface area contributed by atoms with Gasteiger partial charge in [-0.2, -0.15) is 0 Å². The van der Waals surface area contributed by atoms with Crippen molar-refractivity contribution in [2.24, 2.45) is 0 Å². The highest BCUT2D eigenvalue weighted by atomic mass is 32.2. The molecule has 2 N–H and O–H groups in total. The summed E-state index contributed by atoms with van der Waals surface area (Å²) >= 11 is 2.87. The van der Waals surface area contributed by atoms with Crippen molar-refractivity contribution in [1.29, 1.82) is 0 Å². The predicted molar refractivity (Wildman–Crippen MR) is 119 cm³/mol. The quantitative estimate of drug-likeness (QED) is 0.383. The zero-order valence-corrected chi connectivity index (χ0v) is 18.1. The second-order valence-corrected chi connectivity index (χ2v) is 8.47. The summed E-state index contributed by atoms with van der Waals surface area (Å²) in [5.41, 5.74) is 1.26. The van der Waals surface area contributed by atoms with Gasteiger partial charge in [0, 0.05) is 11.0 Å². The van der Waals surface area contributed by atoms with Gasteiger partial charge in [-0.3, -0.25) is 4.79 Å². The Morgan fingerprint density at radius 3 is 2.71 bits per heavy atom. The Hall–Kier alpha value is -3.31. The Balaban J connectivity index is 1.38. The van der Waals surface area contributed by atoms with Crippen LogP contribution in [0.25, 0.3) is 10.9 Å². The van der Waals surface area contributed by atoms with Gasteiger partial charge in [-0.25, -0.2) is 9.97 Å². The highest BCUT2D eigenvalue weighted by Gasteiger charge is 2.19. The molecule has 0 amide bonds. The first-order valence-corrected chi connectivity index (χ1v) is 11.0. The first-order chi connectivity index (χ1) is 15.1. The summed E-state index contributed by atoms with van der Waals surface area (Å²) in [4.78, 5) is 25.5. The number of aromatic nitrogens is 5. The SMILES string of the molecule is COc1cc2nc(CSc3nnc4c(n3)Nc3ccccc3S4)[nH]c(=O)c2cc1OC. The number of nitrogens with one attached hydrogen (secondary N) is 2. The lowest BCUT2D eigenvalue weighted by Crippen LogP contribution is -2.12. The summed E-state index contributed by atoms with van der Waals surface area (Å²) in [6.07, 6.45) is 0. The number of aromatic amines is 1. The number of rotatable bonds is 5. The van der Waals surface area contributed by atoms with Crippen LogP contribution in [0, 0.1) is 0 Å². The number of anilines is 2. The molecule has 1 aliphatic heterocycles. The second kappa shape index (κ2) is 8.08. The van der Waals surface area contributed by atoms with Crippen LogP contribution in [0.3, 0.4) is 0 Å². The minimum atomic E-state index is -0.249. The molecule has 2 aromatic carbocycles. The zero-order valence-electron chi connectivity index (χ0n) is 16.5. The molecule has 31 heavy (non-hydrogen) atoms. The van der Waals surface area contributed by atoms with Crippen LogP contribution in [-0.4, -0.2) is 39.4 Å². The fraction of sp³-hybridized carbons (Fsp3) is 0.150. The molecule has 0 aliphatic carbocycles. The van der Waals surface area contributed by atoms with Crippen molar-refractivity contribution in [3.8, 4) is 11.5 Å². The topological polar surface area (TPSA) is 115 Å². The van der Waals surface area contributed by atoms with Gasteiger partial charge in [0.1, 0.15) is 5.82 Å². The third kappa shape index (κ3) is 3.77. The van der Waals surface area contributed by atoms with Crippen LogP contribution < -0.4 is 20.3 Å². The molecule has 0 bridgehead atoms. The van der Waals surface area contributed by atoms with E-state index in [9.17, 15) is 4.79 Å². The molecule has 9 nitrogen and oxygen atoms in total. The number of benzene rings is 2. The molecule has 5 rings (SSSR count). The minimum absolute atomic E-state index is 0.249. The Morgan fingerprint density at radius 1 is 1.06 bits per heavy atom. The number of nitrogens with zero attached hydrogens (tertiary/aromatic N) is 4. The van der Waals surface area contributed by atoms with Gasteiger partial charge in [-0.1, -0.05) is 35.7 Å². The lowest BCUT2D eigenvalue weighted by Gasteiger charge is -2.18. The second-order valence-electron chi connectivity index (χ2n) is 6.50. The van der Waals surface area contributed by atoms with E-state index in [1.165, 1.54) is 30.6 Å². The smallest absolute Gasteiger partial charge is 0.258 e. The van der Waals surface area contributed by atoms with Crippen LogP contribution in [0.2, 0.25) is 0 Å². The average molecular weight is 453 g/mol. The van der Waals surface area contributed by atoms with Crippen LogP contribution in [0.1, 0.15) is 5.82 Å². The van der Waals surface area contributed by atoms with E-state index in [0.29, 0.717) is 45.0 Å². The standard InChI is InChI=1S/C20H16N6O3S2/c1-28-13-7-10-12(8-14(13)29-2)21-16(23-18(10)27)9-30-20-24-17-19(25-26-20)31-15-6-4-3-5-11(15)22-17/h3-8H,9H2,1-2H3,(H,21,23,27)(H,22,24,26). The average Bonchev–Trinajstić information content (AvgIpc) is 2.80. The van der Waals surface area contributed by atoms with E-state index in [4.69, 9.17) is 9.47 Å². The number of methoxy groups -OCH3 is 2. The summed E-state index contributed by atoms with van der Waals surface area (Å²) in [7, 11) is 3.06. The normalized spacial score (nSPS) is 12.1. The predicted octanol–water partition coefficient (Wildman–Crippen LogP) is 3.63. The van der Waals surface area contributed by atoms with E-state index in [1.807, 2.05) is 24.3 Å². The summed E-state index contributed by atoms with van der Waals surface area (Å²) in [6, 6.07) is 11.3. The Bertz CT molecular complexity index is 1360. The van der Waals surface area contributed by atoms with Gasteiger partial charge >= 0.3 is 0 Å². The fourth-order valence-corrected chi connectivity index (χ4v) is 4.63. The Morgan fingerprint density at radius 2 is 1.87 bits per heavy atom. The maximum Gasteiger partial charge on any atom is 0.258 e. The third-order valence-corrected chi connectivity index (χ3v) is 6.47. The van der Waals surface area contributed by atoms with Gasteiger partial charge in [0.2, 0.25) is 5.16 Å². The Kier molecular flexibility index (Phi) is 5.12. The number of fused-ring (bicyclic) bond motifs is 3. The van der Waals surface area contributed by atoms with E-state index in [0.717, 1.165) is 15.6 Å². The molecule has 0 spiro atoms. The van der Waals surface area contributed by atoms with Crippen molar-refractivity contribution in [2.75, 3.05) is 19.5 Å². The largest absolute Gasteiger partial charge is 0.493 e. The van der Waals surface area contributed by atoms with Crippen LogP contribution >= 0.6 is 23.5 Å². The zero-order chi connectivity index (χ0) is 21.4. The number of para-hydroxylation sites is 1. The van der Waals surface area contributed by atoms with E-state index >= 15 is 0 Å². The summed E-state index contributed by atoms with van der Waals surface area (Å²) in [6.45, 7) is 0. The van der Waals surface area contributed by atoms with Crippen molar-refractivity contribution in [3.63, 3.8) is 0 Å². The molecule has 0 saturated heterocycles. The molecule has 11 heteroatoms. The molecule has 0 atom stereocenters. The molecule has 156 valence electrons. The first-order valence-electron chi connectivity index (χ1n) is 9.21. The monoisotopic (exact) mass is 452 g/mol. The highest BCUT2D eigenvalue weighted by molar-refractivity contribution is 7.99. The molecule has 1 aliphatic rings. The third-order valence-electron chi connectivity index (χ3n) is 4.58. The summed E-state index contributed by atoms with van der Waals surface area (Å²) < 4.78 is 10.6. The van der Waals surface area contributed by atoms with Gasteiger partial charge in [0.05, 0.1) is 36.6 Å². The van der Waals surface area contributed by atoms with Crippen molar-refractivity contribution < 1.29 is 9.47 Å². The maximum absolute atomic E-state index is 12.5. The first kappa shape index (κ1) is 19.6. The fourth-order valence-electron chi connectivity index (χ4n) is 3.12. The summed E-state index contributed by atoms with van der Waals surface area (Å²) in [5, 5.41) is 13.4. The molecular weight excluding hydrogens is 436 g/mol. The van der Waals surface area contributed by atoms with E-state index in [1.54, 1.807) is 19.2 Å². The molecule has 3 heterocycles. The van der Waals surface area contributed by atoms with Crippen molar-refractivity contribution in [2.45, 2.75) is 20.8 Å². The molecular formula is C20H16N6O3S2. The number of hydrogen-bond acceptors (Lipinski definition) is 10. The van der Waals surface area contributed by atoms with Gasteiger partial charge in [-0.05, 0) is 18.2 Å². The van der Waals surface area contributed by atoms with E-state index in [-0.39, 0.29) is 5.56 Å². The molecule has 0 radical (unpaired) electrons. The van der Waals surface area contributed by atoms with Crippen LogP contribution in [0.4, 0.5) is 11.5 Å². The number of thioether (sulfide) groups is 1. The van der Waals surface area contributed by atoms with Crippen LogP contribution in [0.5, 0.6) is 11.5 Å². The summed E-state index contributed by atoms with van der Waals surface area (Å²) in [5.74, 6) is 2.54. The van der Waals surface area contributed by atoms with E-state index in [2.05, 4.69) is 30.5 Å². The lowest BCUT2D eigenvalue weighted by molar-refractivity contribution is 0.355. The molecule has 2 aromatic heterocycles. The number of hydrogen-bond donors (Lipinski definition) is 2. The Labute approximate surface area is 185 Å². The van der Waals surface area contributed by atoms with Crippen molar-refractivity contribution in [3.05, 3.63) is 52.6 Å². The van der Waals surface area contributed by atoms with Gasteiger partial charge in [0.15, 0.2) is 22.3 Å². The van der Waals surface area contributed by atoms with E-state index < -0.39 is 0 Å². The molecule has 0 saturated carbocycles. The van der Waals surface area contributed by atoms with Gasteiger partial charge in [0.25, 0.3) is 5.56 Å². The number of ether oxygens (including phenoxy) is 2. The highest BCUT2D eigenvalue weighted by Crippen LogP contribution is 2.41. The van der Waals surface area contributed by atoms with Crippen LogP contribution in [-0.2, 0) is 5.75 Å². The molecule has 4 aromatic rings. The maximum atomic E-state index is 12.5. The minimum Gasteiger partial charge on any atom is -0.493 e.